The Kier molecular flexibility index (Phi) is 20.4. The number of aliphatic carboxylic acids is 1. The standard InChI is InChI=1S/C23H45NO3/c1-2-3-4-15-18-21-24-22(25)19-16-13-11-9-7-5-6-8-10-12-14-17-20-23(26)27/h2-21H2,1H3,(H,24,25)(H,26,27). The number of amides is 1. The average Bonchev–Trinajstić information content (AvgIpc) is 2.64. The number of carbonyl (C=O) groups excluding carboxylic acids is 1. The van der Waals surface area contributed by atoms with Gasteiger partial charge in [-0.2, -0.15) is 0 Å². The highest BCUT2D eigenvalue weighted by Crippen LogP contribution is 2.13. The number of hydrogen-bond acceptors (Lipinski definition) is 2. The van der Waals surface area contributed by atoms with E-state index in [0.717, 1.165) is 32.2 Å². The van der Waals surface area contributed by atoms with E-state index in [1.165, 1.54) is 83.5 Å². The predicted octanol–water partition coefficient (Wildman–Crippen LogP) is 6.62. The van der Waals surface area contributed by atoms with E-state index in [0.29, 0.717) is 12.8 Å². The first-order chi connectivity index (χ1) is 13.2. The van der Waals surface area contributed by atoms with Gasteiger partial charge in [-0.1, -0.05) is 96.8 Å². The molecule has 0 bridgehead atoms. The zero-order valence-electron chi connectivity index (χ0n) is 17.9. The largest absolute Gasteiger partial charge is 0.481 e. The van der Waals surface area contributed by atoms with Gasteiger partial charge in [-0.25, -0.2) is 0 Å². The number of hydrogen-bond donors (Lipinski definition) is 2. The third-order valence-electron chi connectivity index (χ3n) is 5.15. The van der Waals surface area contributed by atoms with Gasteiger partial charge in [0.1, 0.15) is 0 Å². The zero-order chi connectivity index (χ0) is 20.0. The van der Waals surface area contributed by atoms with Crippen LogP contribution in [0.3, 0.4) is 0 Å². The van der Waals surface area contributed by atoms with Crippen molar-refractivity contribution in [1.29, 1.82) is 0 Å². The fourth-order valence-electron chi connectivity index (χ4n) is 3.37. The summed E-state index contributed by atoms with van der Waals surface area (Å²) in [5.74, 6) is -0.442. The van der Waals surface area contributed by atoms with Crippen molar-refractivity contribution < 1.29 is 14.7 Å². The summed E-state index contributed by atoms with van der Waals surface area (Å²) >= 11 is 0. The maximum atomic E-state index is 11.7. The van der Waals surface area contributed by atoms with Gasteiger partial charge in [-0.3, -0.25) is 9.59 Å². The first-order valence-electron chi connectivity index (χ1n) is 11.6. The van der Waals surface area contributed by atoms with Crippen LogP contribution in [0.25, 0.3) is 0 Å². The van der Waals surface area contributed by atoms with Gasteiger partial charge < -0.3 is 10.4 Å². The molecule has 0 aromatic rings. The molecular weight excluding hydrogens is 338 g/mol. The van der Waals surface area contributed by atoms with E-state index in [-0.39, 0.29) is 5.91 Å². The lowest BCUT2D eigenvalue weighted by Crippen LogP contribution is -2.23. The van der Waals surface area contributed by atoms with E-state index in [1.807, 2.05) is 0 Å². The molecule has 0 radical (unpaired) electrons. The summed E-state index contributed by atoms with van der Waals surface area (Å²) in [6, 6.07) is 0. The first-order valence-corrected chi connectivity index (χ1v) is 11.6. The highest BCUT2D eigenvalue weighted by atomic mass is 16.4. The van der Waals surface area contributed by atoms with Gasteiger partial charge in [0.15, 0.2) is 0 Å². The summed E-state index contributed by atoms with van der Waals surface area (Å²) in [4.78, 5) is 22.1. The zero-order valence-corrected chi connectivity index (χ0v) is 17.9. The number of carbonyl (C=O) groups is 2. The fourth-order valence-corrected chi connectivity index (χ4v) is 3.37. The normalized spacial score (nSPS) is 10.9. The van der Waals surface area contributed by atoms with Crippen molar-refractivity contribution >= 4 is 11.9 Å². The Balaban J connectivity index is 3.13. The van der Waals surface area contributed by atoms with Crippen molar-refractivity contribution in [3.8, 4) is 0 Å². The second-order valence-electron chi connectivity index (χ2n) is 7.90. The first kappa shape index (κ1) is 25.9. The molecule has 1 amide bonds. The molecule has 0 rings (SSSR count). The maximum Gasteiger partial charge on any atom is 0.303 e. The van der Waals surface area contributed by atoms with Crippen molar-refractivity contribution in [2.45, 2.75) is 129 Å². The second kappa shape index (κ2) is 21.2. The Labute approximate surface area is 167 Å². The van der Waals surface area contributed by atoms with E-state index in [9.17, 15) is 9.59 Å². The van der Waals surface area contributed by atoms with Crippen molar-refractivity contribution in [2.75, 3.05) is 6.54 Å². The Morgan fingerprint density at radius 3 is 1.48 bits per heavy atom. The molecule has 160 valence electrons. The highest BCUT2D eigenvalue weighted by Gasteiger charge is 2.01. The van der Waals surface area contributed by atoms with Crippen LogP contribution in [0.15, 0.2) is 0 Å². The van der Waals surface area contributed by atoms with Gasteiger partial charge in [-0.05, 0) is 19.3 Å². The van der Waals surface area contributed by atoms with Crippen LogP contribution < -0.4 is 5.32 Å². The average molecular weight is 384 g/mol. The molecule has 0 saturated heterocycles. The van der Waals surface area contributed by atoms with Crippen LogP contribution >= 0.6 is 0 Å². The van der Waals surface area contributed by atoms with Crippen LogP contribution in [0.4, 0.5) is 0 Å². The molecule has 0 heterocycles. The number of rotatable bonds is 21. The minimum absolute atomic E-state index is 0.230. The number of carboxylic acid groups (broad SMARTS) is 1. The SMILES string of the molecule is CCCCCCCNC(=O)CCCCCCCCCCCCCCC(=O)O. The van der Waals surface area contributed by atoms with E-state index >= 15 is 0 Å². The van der Waals surface area contributed by atoms with Gasteiger partial charge in [0.25, 0.3) is 0 Å². The summed E-state index contributed by atoms with van der Waals surface area (Å²) in [7, 11) is 0. The monoisotopic (exact) mass is 383 g/mol. The fraction of sp³-hybridized carbons (Fsp3) is 0.913. The van der Waals surface area contributed by atoms with Gasteiger partial charge in [-0.15, -0.1) is 0 Å². The summed E-state index contributed by atoms with van der Waals surface area (Å²) in [5, 5.41) is 11.6. The van der Waals surface area contributed by atoms with Gasteiger partial charge in [0.05, 0.1) is 0 Å². The van der Waals surface area contributed by atoms with Crippen molar-refractivity contribution in [3.63, 3.8) is 0 Å². The Morgan fingerprint density at radius 1 is 0.593 bits per heavy atom. The van der Waals surface area contributed by atoms with Crippen molar-refractivity contribution in [2.24, 2.45) is 0 Å². The van der Waals surface area contributed by atoms with Crippen molar-refractivity contribution in [3.05, 3.63) is 0 Å². The molecule has 0 aromatic carbocycles. The van der Waals surface area contributed by atoms with E-state index in [4.69, 9.17) is 5.11 Å². The smallest absolute Gasteiger partial charge is 0.303 e. The van der Waals surface area contributed by atoms with Gasteiger partial charge >= 0.3 is 5.97 Å². The second-order valence-corrected chi connectivity index (χ2v) is 7.90. The molecule has 2 N–H and O–H groups in total. The molecule has 0 fully saturated rings. The molecule has 4 heteroatoms. The van der Waals surface area contributed by atoms with Crippen LogP contribution in [0.2, 0.25) is 0 Å². The van der Waals surface area contributed by atoms with E-state index < -0.39 is 5.97 Å². The van der Waals surface area contributed by atoms with E-state index in [1.54, 1.807) is 0 Å². The number of unbranched alkanes of at least 4 members (excludes halogenated alkanes) is 15. The van der Waals surface area contributed by atoms with Crippen LogP contribution in [0, 0.1) is 0 Å². The number of nitrogens with one attached hydrogen (secondary N) is 1. The topological polar surface area (TPSA) is 66.4 Å². The van der Waals surface area contributed by atoms with Crippen molar-refractivity contribution in [1.82, 2.24) is 5.32 Å². The highest BCUT2D eigenvalue weighted by molar-refractivity contribution is 5.75. The summed E-state index contributed by atoms with van der Waals surface area (Å²) < 4.78 is 0. The van der Waals surface area contributed by atoms with Crippen LogP contribution in [-0.4, -0.2) is 23.5 Å². The Hall–Kier alpha value is -1.06. The van der Waals surface area contributed by atoms with E-state index in [2.05, 4.69) is 12.2 Å². The lowest BCUT2D eigenvalue weighted by Gasteiger charge is -2.05. The lowest BCUT2D eigenvalue weighted by atomic mass is 10.0. The molecule has 0 spiro atoms. The van der Waals surface area contributed by atoms with Crippen LogP contribution in [-0.2, 0) is 9.59 Å². The molecule has 0 unspecified atom stereocenters. The predicted molar refractivity (Wildman–Crippen MR) is 114 cm³/mol. The quantitative estimate of drug-likeness (QED) is 0.219. The minimum atomic E-state index is -0.673. The van der Waals surface area contributed by atoms with Gasteiger partial charge in [0.2, 0.25) is 5.91 Å². The number of carboxylic acids is 1. The molecule has 0 aliphatic carbocycles. The maximum absolute atomic E-state index is 11.7. The van der Waals surface area contributed by atoms with Crippen LogP contribution in [0.5, 0.6) is 0 Å². The molecular formula is C23H45NO3. The molecule has 0 atom stereocenters. The third kappa shape index (κ3) is 22.9. The third-order valence-corrected chi connectivity index (χ3v) is 5.15. The Bertz CT molecular complexity index is 345. The van der Waals surface area contributed by atoms with Gasteiger partial charge in [0, 0.05) is 19.4 Å². The molecule has 0 aromatic heterocycles. The lowest BCUT2D eigenvalue weighted by molar-refractivity contribution is -0.137. The Morgan fingerprint density at radius 2 is 1.00 bits per heavy atom. The molecule has 0 saturated carbocycles. The van der Waals surface area contributed by atoms with Crippen LogP contribution in [0.1, 0.15) is 129 Å². The summed E-state index contributed by atoms with van der Waals surface area (Å²) in [6.45, 7) is 3.07. The molecule has 0 aliphatic heterocycles. The summed E-state index contributed by atoms with van der Waals surface area (Å²) in [5.41, 5.74) is 0. The molecule has 4 nitrogen and oxygen atoms in total. The molecule has 0 aliphatic rings. The minimum Gasteiger partial charge on any atom is -0.481 e. The summed E-state index contributed by atoms with van der Waals surface area (Å²) in [6.07, 6.45) is 21.5. The molecule has 27 heavy (non-hydrogen) atoms.